The molecule has 28 heavy (non-hydrogen) atoms. The predicted octanol–water partition coefficient (Wildman–Crippen LogP) is 3.52. The number of ether oxygens (including phenoxy) is 2. The van der Waals surface area contributed by atoms with E-state index in [4.69, 9.17) is 9.47 Å². The fourth-order valence-corrected chi connectivity index (χ4v) is 3.43. The van der Waals surface area contributed by atoms with E-state index in [0.717, 1.165) is 16.9 Å². The number of carbonyl (C=O) groups is 1. The smallest absolute Gasteiger partial charge is 0.273 e. The highest BCUT2D eigenvalue weighted by Gasteiger charge is 2.25. The molecule has 0 fully saturated rings. The molecule has 1 aliphatic rings. The zero-order valence-electron chi connectivity index (χ0n) is 16.1. The molecule has 0 saturated heterocycles. The van der Waals surface area contributed by atoms with Crippen LogP contribution in [0.3, 0.4) is 0 Å². The van der Waals surface area contributed by atoms with Gasteiger partial charge in [-0.05, 0) is 43.5 Å². The van der Waals surface area contributed by atoms with E-state index in [-0.39, 0.29) is 18.0 Å². The number of nitrogens with zero attached hydrogens (tertiary/aromatic N) is 2. The number of fused-ring (bicyclic) bond motifs is 1. The predicted molar refractivity (Wildman–Crippen MR) is 105 cm³/mol. The maximum atomic E-state index is 12.8. The minimum atomic E-state index is -0.447. The number of hydrogen-bond donors (Lipinski definition) is 0. The van der Waals surface area contributed by atoms with E-state index in [1.807, 2.05) is 26.0 Å². The van der Waals surface area contributed by atoms with Crippen LogP contribution in [0.25, 0.3) is 0 Å². The highest BCUT2D eigenvalue weighted by Crippen LogP contribution is 2.34. The Hall–Kier alpha value is -3.09. The van der Waals surface area contributed by atoms with Gasteiger partial charge in [0, 0.05) is 24.7 Å². The van der Waals surface area contributed by atoms with Crippen molar-refractivity contribution in [2.24, 2.45) is 0 Å². The molecule has 0 radical (unpaired) electrons. The first-order valence-electron chi connectivity index (χ1n) is 9.45. The minimum absolute atomic E-state index is 0.0157. The normalized spacial score (nSPS) is 13.0. The molecule has 7 nitrogen and oxygen atoms in total. The van der Waals surface area contributed by atoms with E-state index in [0.29, 0.717) is 44.0 Å². The quantitative estimate of drug-likeness (QED) is 0.539. The SMILES string of the molecule is CCOc1cc2c(cc1OCC)CN(C(=O)Cc1ccccc1[N+](=O)[O-])CC2. The molecule has 0 unspecified atom stereocenters. The van der Waals surface area contributed by atoms with Gasteiger partial charge in [-0.25, -0.2) is 0 Å². The number of carbonyl (C=O) groups excluding carboxylic acids is 1. The topological polar surface area (TPSA) is 81.9 Å². The summed E-state index contributed by atoms with van der Waals surface area (Å²) in [6.07, 6.45) is 0.728. The Morgan fingerprint density at radius 3 is 2.39 bits per heavy atom. The second-order valence-electron chi connectivity index (χ2n) is 6.56. The van der Waals surface area contributed by atoms with Crippen LogP contribution in [0.1, 0.15) is 30.5 Å². The van der Waals surface area contributed by atoms with E-state index < -0.39 is 4.92 Å². The van der Waals surface area contributed by atoms with Crippen LogP contribution in [0.5, 0.6) is 11.5 Å². The van der Waals surface area contributed by atoms with Crippen molar-refractivity contribution < 1.29 is 19.2 Å². The summed E-state index contributed by atoms with van der Waals surface area (Å²) in [5, 5.41) is 11.2. The second-order valence-corrected chi connectivity index (χ2v) is 6.56. The van der Waals surface area contributed by atoms with Crippen molar-refractivity contribution in [1.29, 1.82) is 0 Å². The first-order chi connectivity index (χ1) is 13.5. The molecule has 1 amide bonds. The zero-order valence-corrected chi connectivity index (χ0v) is 16.1. The summed E-state index contributed by atoms with van der Waals surface area (Å²) in [7, 11) is 0. The number of hydrogen-bond acceptors (Lipinski definition) is 5. The molecule has 0 aliphatic carbocycles. The molecule has 1 heterocycles. The third kappa shape index (κ3) is 4.24. The Kier molecular flexibility index (Phi) is 6.13. The fourth-order valence-electron chi connectivity index (χ4n) is 3.43. The second kappa shape index (κ2) is 8.73. The number of benzene rings is 2. The summed E-state index contributed by atoms with van der Waals surface area (Å²) in [5.41, 5.74) is 2.58. The van der Waals surface area contributed by atoms with Gasteiger partial charge < -0.3 is 14.4 Å². The first kappa shape index (κ1) is 19.7. The fraction of sp³-hybridized carbons (Fsp3) is 0.381. The molecule has 7 heteroatoms. The molecule has 0 atom stereocenters. The summed E-state index contributed by atoms with van der Waals surface area (Å²) in [6, 6.07) is 10.3. The van der Waals surface area contributed by atoms with Crippen LogP contribution in [0.15, 0.2) is 36.4 Å². The van der Waals surface area contributed by atoms with E-state index in [1.54, 1.807) is 23.1 Å². The van der Waals surface area contributed by atoms with Gasteiger partial charge in [-0.15, -0.1) is 0 Å². The van der Waals surface area contributed by atoms with Crippen molar-refractivity contribution in [3.05, 3.63) is 63.2 Å². The number of rotatable bonds is 7. The van der Waals surface area contributed by atoms with Gasteiger partial charge in [0.1, 0.15) is 0 Å². The van der Waals surface area contributed by atoms with Gasteiger partial charge in [0.2, 0.25) is 5.91 Å². The van der Waals surface area contributed by atoms with Gasteiger partial charge in [0.25, 0.3) is 5.69 Å². The molecule has 0 aromatic heterocycles. The highest BCUT2D eigenvalue weighted by atomic mass is 16.6. The lowest BCUT2D eigenvalue weighted by molar-refractivity contribution is -0.385. The molecule has 0 saturated carbocycles. The van der Waals surface area contributed by atoms with E-state index in [1.165, 1.54) is 6.07 Å². The van der Waals surface area contributed by atoms with Gasteiger partial charge in [-0.2, -0.15) is 0 Å². The van der Waals surface area contributed by atoms with Crippen LogP contribution in [-0.2, 0) is 24.2 Å². The molecule has 2 aromatic carbocycles. The minimum Gasteiger partial charge on any atom is -0.490 e. The van der Waals surface area contributed by atoms with Gasteiger partial charge in [0.15, 0.2) is 11.5 Å². The van der Waals surface area contributed by atoms with Crippen LogP contribution < -0.4 is 9.47 Å². The van der Waals surface area contributed by atoms with Gasteiger partial charge in [0.05, 0.1) is 24.6 Å². The number of nitro benzene ring substituents is 1. The van der Waals surface area contributed by atoms with E-state index in [2.05, 4.69) is 0 Å². The number of nitro groups is 1. The lowest BCUT2D eigenvalue weighted by Crippen LogP contribution is -2.37. The van der Waals surface area contributed by atoms with Crippen molar-refractivity contribution in [3.8, 4) is 11.5 Å². The third-order valence-electron chi connectivity index (χ3n) is 4.76. The standard InChI is InChI=1S/C21H24N2O5/c1-3-27-19-11-15-9-10-22(14-17(15)12-20(19)28-4-2)21(24)13-16-7-5-6-8-18(16)23(25)26/h5-8,11-12H,3-4,9-10,13-14H2,1-2H3. The van der Waals surface area contributed by atoms with Gasteiger partial charge in [-0.3, -0.25) is 14.9 Å². The average molecular weight is 384 g/mol. The van der Waals surface area contributed by atoms with Crippen LogP contribution in [0.4, 0.5) is 5.69 Å². The molecular formula is C21H24N2O5. The highest BCUT2D eigenvalue weighted by molar-refractivity contribution is 5.80. The Morgan fingerprint density at radius 2 is 1.75 bits per heavy atom. The van der Waals surface area contributed by atoms with Gasteiger partial charge in [-0.1, -0.05) is 18.2 Å². The summed E-state index contributed by atoms with van der Waals surface area (Å²) in [4.78, 5) is 25.3. The van der Waals surface area contributed by atoms with Crippen LogP contribution in [0, 0.1) is 10.1 Å². The number of para-hydroxylation sites is 1. The Balaban J connectivity index is 1.78. The summed E-state index contributed by atoms with van der Waals surface area (Å²) in [5.74, 6) is 1.28. The van der Waals surface area contributed by atoms with Crippen molar-refractivity contribution in [1.82, 2.24) is 4.90 Å². The molecule has 0 bridgehead atoms. The van der Waals surface area contributed by atoms with Crippen molar-refractivity contribution in [2.45, 2.75) is 33.2 Å². The van der Waals surface area contributed by atoms with Crippen LogP contribution in [-0.4, -0.2) is 35.5 Å². The maximum Gasteiger partial charge on any atom is 0.273 e. The molecule has 3 rings (SSSR count). The molecule has 2 aromatic rings. The average Bonchev–Trinajstić information content (AvgIpc) is 2.68. The summed E-state index contributed by atoms with van der Waals surface area (Å²) >= 11 is 0. The van der Waals surface area contributed by atoms with Crippen molar-refractivity contribution in [2.75, 3.05) is 19.8 Å². The van der Waals surface area contributed by atoms with Crippen molar-refractivity contribution >= 4 is 11.6 Å². The molecule has 1 aliphatic heterocycles. The van der Waals surface area contributed by atoms with E-state index in [9.17, 15) is 14.9 Å². The number of amides is 1. The third-order valence-corrected chi connectivity index (χ3v) is 4.76. The summed E-state index contributed by atoms with van der Waals surface area (Å²) < 4.78 is 11.4. The summed E-state index contributed by atoms with van der Waals surface area (Å²) in [6.45, 7) is 5.96. The monoisotopic (exact) mass is 384 g/mol. The lowest BCUT2D eigenvalue weighted by atomic mass is 9.98. The van der Waals surface area contributed by atoms with E-state index >= 15 is 0 Å². The maximum absolute atomic E-state index is 12.8. The molecular weight excluding hydrogens is 360 g/mol. The molecule has 0 spiro atoms. The molecule has 0 N–H and O–H groups in total. The van der Waals surface area contributed by atoms with Crippen LogP contribution in [0.2, 0.25) is 0 Å². The van der Waals surface area contributed by atoms with Crippen molar-refractivity contribution in [3.63, 3.8) is 0 Å². The Labute approximate surface area is 164 Å². The van der Waals surface area contributed by atoms with Crippen LogP contribution >= 0.6 is 0 Å². The first-order valence-corrected chi connectivity index (χ1v) is 9.45. The van der Waals surface area contributed by atoms with Gasteiger partial charge >= 0.3 is 0 Å². The molecule has 148 valence electrons. The largest absolute Gasteiger partial charge is 0.490 e. The zero-order chi connectivity index (χ0) is 20.1. The Morgan fingerprint density at radius 1 is 1.11 bits per heavy atom. The Bertz CT molecular complexity index is 881. The lowest BCUT2D eigenvalue weighted by Gasteiger charge is -2.30.